The first kappa shape index (κ1) is 16.7. The number of benzene rings is 3. The molecule has 0 atom stereocenters. The Morgan fingerprint density at radius 3 is 2.41 bits per heavy atom. The fourth-order valence-electron chi connectivity index (χ4n) is 2.78. The van der Waals surface area contributed by atoms with Gasteiger partial charge >= 0.3 is 0 Å². The molecule has 1 aliphatic rings. The fraction of sp³-hybridized carbons (Fsp3) is 0.0455. The molecule has 0 saturated heterocycles. The van der Waals surface area contributed by atoms with Crippen LogP contribution in [0.15, 0.2) is 72.5 Å². The molecule has 0 radical (unpaired) electrons. The molecule has 3 aromatic rings. The molecule has 1 heterocycles. The van der Waals surface area contributed by atoms with Crippen LogP contribution < -0.4 is 9.47 Å². The van der Waals surface area contributed by atoms with Crippen molar-refractivity contribution < 1.29 is 24.5 Å². The lowest BCUT2D eigenvalue weighted by molar-refractivity contribution is 0.101. The molecule has 0 amide bonds. The predicted molar refractivity (Wildman–Crippen MR) is 99.9 cm³/mol. The van der Waals surface area contributed by atoms with Crippen molar-refractivity contribution in [3.63, 3.8) is 0 Å². The summed E-state index contributed by atoms with van der Waals surface area (Å²) in [5.41, 5.74) is 2.05. The molecule has 4 rings (SSSR count). The fourth-order valence-corrected chi connectivity index (χ4v) is 2.78. The second-order valence-corrected chi connectivity index (χ2v) is 6.09. The summed E-state index contributed by atoms with van der Waals surface area (Å²) in [6.45, 7) is 0.473. The number of rotatable bonds is 4. The molecule has 0 saturated carbocycles. The van der Waals surface area contributed by atoms with Gasteiger partial charge in [0, 0.05) is 0 Å². The van der Waals surface area contributed by atoms with Gasteiger partial charge in [-0.1, -0.05) is 42.5 Å². The minimum atomic E-state index is -0.436. The molecule has 0 fully saturated rings. The van der Waals surface area contributed by atoms with Crippen LogP contribution in [-0.2, 0) is 6.61 Å². The van der Waals surface area contributed by atoms with Gasteiger partial charge in [0.1, 0.15) is 12.4 Å². The average molecular weight is 360 g/mol. The van der Waals surface area contributed by atoms with Gasteiger partial charge in [0.15, 0.2) is 17.3 Å². The maximum absolute atomic E-state index is 12.4. The highest BCUT2D eigenvalue weighted by Gasteiger charge is 2.31. The molecule has 134 valence electrons. The summed E-state index contributed by atoms with van der Waals surface area (Å²) in [7, 11) is 0. The number of allylic oxidation sites excluding steroid dienone is 1. The Morgan fingerprint density at radius 2 is 1.67 bits per heavy atom. The van der Waals surface area contributed by atoms with Crippen molar-refractivity contribution in [2.45, 2.75) is 6.61 Å². The third-order valence-electron chi connectivity index (χ3n) is 4.22. The minimum Gasteiger partial charge on any atom is -0.504 e. The SMILES string of the molecule is O=C1/C(=C/c2ccc(OCc3ccccc3)cc2)Oc2c1ccc(O)c2O. The number of carbonyl (C=O) groups excluding carboxylic acids is 1. The smallest absolute Gasteiger partial charge is 0.232 e. The molecule has 2 N–H and O–H groups in total. The lowest BCUT2D eigenvalue weighted by Crippen LogP contribution is -1.98. The predicted octanol–water partition coefficient (Wildman–Crippen LogP) is 4.29. The van der Waals surface area contributed by atoms with Crippen molar-refractivity contribution in [2.75, 3.05) is 0 Å². The largest absolute Gasteiger partial charge is 0.504 e. The first-order valence-corrected chi connectivity index (χ1v) is 8.38. The number of fused-ring (bicyclic) bond motifs is 1. The van der Waals surface area contributed by atoms with Crippen LogP contribution in [0.5, 0.6) is 23.0 Å². The van der Waals surface area contributed by atoms with E-state index in [4.69, 9.17) is 9.47 Å². The highest BCUT2D eigenvalue weighted by molar-refractivity contribution is 6.15. The van der Waals surface area contributed by atoms with Gasteiger partial charge in [0.2, 0.25) is 11.5 Å². The quantitative estimate of drug-likeness (QED) is 0.536. The van der Waals surface area contributed by atoms with E-state index in [1.807, 2.05) is 54.6 Å². The summed E-state index contributed by atoms with van der Waals surface area (Å²) < 4.78 is 11.2. The number of hydrogen-bond acceptors (Lipinski definition) is 5. The summed E-state index contributed by atoms with van der Waals surface area (Å²) in [4.78, 5) is 12.4. The van der Waals surface area contributed by atoms with Gasteiger partial charge in [-0.25, -0.2) is 0 Å². The Balaban J connectivity index is 1.48. The van der Waals surface area contributed by atoms with Crippen LogP contribution in [0.4, 0.5) is 0 Å². The normalized spacial score (nSPS) is 14.1. The molecule has 0 aliphatic carbocycles. The monoisotopic (exact) mass is 360 g/mol. The Bertz CT molecular complexity index is 1020. The highest BCUT2D eigenvalue weighted by Crippen LogP contribution is 2.44. The van der Waals surface area contributed by atoms with Gasteiger partial charge < -0.3 is 19.7 Å². The molecule has 5 heteroatoms. The van der Waals surface area contributed by atoms with Crippen LogP contribution in [0, 0.1) is 0 Å². The molecule has 3 aromatic carbocycles. The molecule has 5 nitrogen and oxygen atoms in total. The van der Waals surface area contributed by atoms with E-state index >= 15 is 0 Å². The van der Waals surface area contributed by atoms with Crippen molar-refractivity contribution in [3.05, 3.63) is 89.2 Å². The molecular weight excluding hydrogens is 344 g/mol. The number of ketones is 1. The number of hydrogen-bond donors (Lipinski definition) is 2. The Hall–Kier alpha value is -3.73. The zero-order valence-corrected chi connectivity index (χ0v) is 14.3. The summed E-state index contributed by atoms with van der Waals surface area (Å²) >= 11 is 0. The Kier molecular flexibility index (Phi) is 4.26. The lowest BCUT2D eigenvalue weighted by Gasteiger charge is -2.06. The topological polar surface area (TPSA) is 76.0 Å². The third kappa shape index (κ3) is 3.35. The maximum Gasteiger partial charge on any atom is 0.232 e. The first-order valence-electron chi connectivity index (χ1n) is 8.38. The second kappa shape index (κ2) is 6.88. The van der Waals surface area contributed by atoms with Crippen LogP contribution in [0.1, 0.15) is 21.5 Å². The number of phenols is 2. The van der Waals surface area contributed by atoms with E-state index in [0.29, 0.717) is 12.4 Å². The maximum atomic E-state index is 12.4. The van der Waals surface area contributed by atoms with Crippen molar-refractivity contribution in [1.82, 2.24) is 0 Å². The summed E-state index contributed by atoms with van der Waals surface area (Å²) in [5, 5.41) is 19.4. The highest BCUT2D eigenvalue weighted by atomic mass is 16.5. The number of aromatic hydroxyl groups is 2. The number of carbonyl (C=O) groups is 1. The van der Waals surface area contributed by atoms with E-state index in [1.165, 1.54) is 12.1 Å². The van der Waals surface area contributed by atoms with Gasteiger partial charge in [-0.2, -0.15) is 0 Å². The van der Waals surface area contributed by atoms with E-state index in [0.717, 1.165) is 11.1 Å². The van der Waals surface area contributed by atoms with Crippen LogP contribution in [0.2, 0.25) is 0 Å². The number of Topliss-reactive ketones (excluding diaryl/α,β-unsaturated/α-hetero) is 1. The zero-order chi connectivity index (χ0) is 18.8. The van der Waals surface area contributed by atoms with Gasteiger partial charge in [0.05, 0.1) is 5.56 Å². The summed E-state index contributed by atoms with van der Waals surface area (Å²) in [6, 6.07) is 19.8. The van der Waals surface area contributed by atoms with Crippen molar-refractivity contribution in [3.8, 4) is 23.0 Å². The van der Waals surface area contributed by atoms with Gasteiger partial charge in [0.25, 0.3) is 0 Å². The van der Waals surface area contributed by atoms with E-state index in [2.05, 4.69) is 0 Å². The standard InChI is InChI=1S/C22H16O5/c23-18-11-10-17-20(24)19(27-22(17)21(18)25)12-14-6-8-16(9-7-14)26-13-15-4-2-1-3-5-15/h1-12,23,25H,13H2/b19-12-. The van der Waals surface area contributed by atoms with Gasteiger partial charge in [-0.05, 0) is 41.5 Å². The molecule has 1 aliphatic heterocycles. The molecule has 0 unspecified atom stereocenters. The van der Waals surface area contributed by atoms with Gasteiger partial charge in [-0.3, -0.25) is 4.79 Å². The lowest BCUT2D eigenvalue weighted by atomic mass is 10.1. The van der Waals surface area contributed by atoms with E-state index in [9.17, 15) is 15.0 Å². The molecule has 27 heavy (non-hydrogen) atoms. The average Bonchev–Trinajstić information content (AvgIpc) is 3.01. The summed E-state index contributed by atoms with van der Waals surface area (Å²) in [5.74, 6) is -0.329. The molecule has 0 bridgehead atoms. The first-order chi connectivity index (χ1) is 13.1. The Labute approximate surface area is 155 Å². The van der Waals surface area contributed by atoms with Gasteiger partial charge in [-0.15, -0.1) is 0 Å². The van der Waals surface area contributed by atoms with Crippen LogP contribution in [-0.4, -0.2) is 16.0 Å². The van der Waals surface area contributed by atoms with Crippen LogP contribution in [0.25, 0.3) is 6.08 Å². The number of ether oxygens (including phenoxy) is 2. The van der Waals surface area contributed by atoms with Crippen molar-refractivity contribution in [2.24, 2.45) is 0 Å². The zero-order valence-electron chi connectivity index (χ0n) is 14.3. The van der Waals surface area contributed by atoms with Crippen molar-refractivity contribution >= 4 is 11.9 Å². The summed E-state index contributed by atoms with van der Waals surface area (Å²) in [6.07, 6.45) is 1.58. The number of phenolic OH excluding ortho intramolecular Hbond substituents is 2. The molecule has 0 aromatic heterocycles. The van der Waals surface area contributed by atoms with Crippen molar-refractivity contribution in [1.29, 1.82) is 0 Å². The molecular formula is C22H16O5. The van der Waals surface area contributed by atoms with E-state index in [1.54, 1.807) is 6.08 Å². The van der Waals surface area contributed by atoms with Crippen LogP contribution in [0.3, 0.4) is 0 Å². The third-order valence-corrected chi connectivity index (χ3v) is 4.22. The van der Waals surface area contributed by atoms with Crippen LogP contribution >= 0.6 is 0 Å². The second-order valence-electron chi connectivity index (χ2n) is 6.09. The van der Waals surface area contributed by atoms with E-state index < -0.39 is 5.75 Å². The Morgan fingerprint density at radius 1 is 0.926 bits per heavy atom. The molecule has 0 spiro atoms. The van der Waals surface area contributed by atoms with E-state index in [-0.39, 0.29) is 28.6 Å². The minimum absolute atomic E-state index is 0.0194.